The Morgan fingerprint density at radius 1 is 1.56 bits per heavy atom. The Morgan fingerprint density at radius 2 is 2.19 bits per heavy atom. The highest BCUT2D eigenvalue weighted by Crippen LogP contribution is 2.17. The van der Waals surface area contributed by atoms with E-state index in [0.29, 0.717) is 22.1 Å². The van der Waals surface area contributed by atoms with Crippen molar-refractivity contribution in [3.8, 4) is 0 Å². The first-order valence-electron chi connectivity index (χ1n) is 4.94. The number of aryl methyl sites for hydroxylation is 1. The van der Waals surface area contributed by atoms with Gasteiger partial charge in [-0.3, -0.25) is 4.79 Å². The van der Waals surface area contributed by atoms with E-state index in [1.165, 1.54) is 0 Å². The minimum absolute atomic E-state index is 0.211. The maximum atomic E-state index is 11.9. The van der Waals surface area contributed by atoms with E-state index in [4.69, 9.17) is 4.52 Å². The number of halogens is 2. The van der Waals surface area contributed by atoms with Gasteiger partial charge in [0.1, 0.15) is 5.76 Å². The smallest absolute Gasteiger partial charge is 0.273 e. The summed E-state index contributed by atoms with van der Waals surface area (Å²) in [4.78, 5) is 11.9. The molecule has 90 valence electrons. The Bertz CT molecular complexity index is 353. The molecule has 0 spiro atoms. The maximum absolute atomic E-state index is 11.9. The third-order valence-corrected chi connectivity index (χ3v) is 4.57. The lowest BCUT2D eigenvalue weighted by Crippen LogP contribution is -2.51. The summed E-state index contributed by atoms with van der Waals surface area (Å²) in [6.45, 7) is 3.78. The average Bonchev–Trinajstić information content (AvgIpc) is 2.73. The van der Waals surface area contributed by atoms with Gasteiger partial charge in [0.15, 0.2) is 5.69 Å². The molecule has 0 aromatic carbocycles. The van der Waals surface area contributed by atoms with Crippen LogP contribution in [0.4, 0.5) is 0 Å². The quantitative estimate of drug-likeness (QED) is 0.828. The largest absolute Gasteiger partial charge is 0.361 e. The molecule has 0 radical (unpaired) electrons. The van der Waals surface area contributed by atoms with Crippen LogP contribution in [0.25, 0.3) is 0 Å². The topological polar surface area (TPSA) is 55.1 Å². The summed E-state index contributed by atoms with van der Waals surface area (Å²) in [5.41, 5.74) is 0.0291. The number of nitrogens with one attached hydrogen (secondary N) is 1. The highest BCUT2D eigenvalue weighted by Gasteiger charge is 2.29. The number of aromatic nitrogens is 1. The standard InChI is InChI=1S/C10H14Br2N2O2/c1-3-10(5-11,6-12)13-9(15)8-4-7(2)16-14-8/h4H,3,5-6H2,1-2H3,(H,13,15). The Labute approximate surface area is 111 Å². The van der Waals surface area contributed by atoms with E-state index in [-0.39, 0.29) is 11.4 Å². The molecule has 16 heavy (non-hydrogen) atoms. The molecule has 1 aromatic heterocycles. The number of rotatable bonds is 5. The molecule has 1 amide bonds. The molecular weight excluding hydrogens is 340 g/mol. The summed E-state index contributed by atoms with van der Waals surface area (Å²) < 4.78 is 4.87. The number of carbonyl (C=O) groups excluding carboxylic acids is 1. The second-order valence-corrected chi connectivity index (χ2v) is 4.80. The number of hydrogen-bond acceptors (Lipinski definition) is 3. The van der Waals surface area contributed by atoms with Gasteiger partial charge in [0.05, 0.1) is 5.54 Å². The highest BCUT2D eigenvalue weighted by atomic mass is 79.9. The van der Waals surface area contributed by atoms with Crippen molar-refractivity contribution >= 4 is 37.8 Å². The third kappa shape index (κ3) is 3.07. The number of amides is 1. The molecule has 0 aliphatic carbocycles. The Kier molecular flexibility index (Phi) is 4.98. The van der Waals surface area contributed by atoms with Gasteiger partial charge in [-0.2, -0.15) is 0 Å². The average molecular weight is 354 g/mol. The van der Waals surface area contributed by atoms with Crippen LogP contribution in [0.5, 0.6) is 0 Å². The molecule has 0 atom stereocenters. The SMILES string of the molecule is CCC(CBr)(CBr)NC(=O)c1cc(C)on1. The van der Waals surface area contributed by atoms with Crippen molar-refractivity contribution < 1.29 is 9.32 Å². The van der Waals surface area contributed by atoms with Crippen LogP contribution in [0, 0.1) is 6.92 Å². The second kappa shape index (κ2) is 5.82. The first-order valence-corrected chi connectivity index (χ1v) is 7.19. The lowest BCUT2D eigenvalue weighted by Gasteiger charge is -2.29. The van der Waals surface area contributed by atoms with Gasteiger partial charge < -0.3 is 9.84 Å². The number of nitrogens with zero attached hydrogens (tertiary/aromatic N) is 1. The molecule has 0 aliphatic rings. The lowest BCUT2D eigenvalue weighted by molar-refractivity contribution is 0.0906. The zero-order chi connectivity index (χ0) is 12.2. The van der Waals surface area contributed by atoms with Gasteiger partial charge in [-0.25, -0.2) is 0 Å². The van der Waals surface area contributed by atoms with Crippen molar-refractivity contribution in [2.24, 2.45) is 0 Å². The maximum Gasteiger partial charge on any atom is 0.273 e. The number of hydrogen-bond donors (Lipinski definition) is 1. The van der Waals surface area contributed by atoms with E-state index in [1.54, 1.807) is 13.0 Å². The molecule has 0 saturated heterocycles. The fourth-order valence-electron chi connectivity index (χ4n) is 1.16. The number of alkyl halides is 2. The predicted octanol–water partition coefficient (Wildman–Crippen LogP) is 2.65. The predicted molar refractivity (Wildman–Crippen MR) is 69.3 cm³/mol. The molecule has 1 rings (SSSR count). The molecule has 1 heterocycles. The van der Waals surface area contributed by atoms with Gasteiger partial charge in [0.2, 0.25) is 0 Å². The zero-order valence-corrected chi connectivity index (χ0v) is 12.4. The van der Waals surface area contributed by atoms with E-state index < -0.39 is 0 Å². The van der Waals surface area contributed by atoms with Crippen molar-refractivity contribution in [3.05, 3.63) is 17.5 Å². The van der Waals surface area contributed by atoms with Crippen LogP contribution in [0.1, 0.15) is 29.6 Å². The van der Waals surface area contributed by atoms with Gasteiger partial charge in [0, 0.05) is 16.7 Å². The van der Waals surface area contributed by atoms with Gasteiger partial charge in [-0.05, 0) is 13.3 Å². The molecule has 0 unspecified atom stereocenters. The number of carbonyl (C=O) groups is 1. The molecule has 0 saturated carbocycles. The van der Waals surface area contributed by atoms with E-state index in [1.807, 2.05) is 6.92 Å². The van der Waals surface area contributed by atoms with Crippen LogP contribution in [-0.4, -0.2) is 27.3 Å². The van der Waals surface area contributed by atoms with Crippen molar-refractivity contribution in [3.63, 3.8) is 0 Å². The fraction of sp³-hybridized carbons (Fsp3) is 0.600. The summed E-state index contributed by atoms with van der Waals surface area (Å²) in [5, 5.41) is 8.01. The van der Waals surface area contributed by atoms with E-state index in [2.05, 4.69) is 42.3 Å². The van der Waals surface area contributed by atoms with Gasteiger partial charge in [-0.15, -0.1) is 0 Å². The van der Waals surface area contributed by atoms with Crippen molar-refractivity contribution in [2.45, 2.75) is 25.8 Å². The summed E-state index contributed by atoms with van der Waals surface area (Å²) in [5.74, 6) is 0.419. The summed E-state index contributed by atoms with van der Waals surface area (Å²) in [6, 6.07) is 1.62. The molecule has 0 fully saturated rings. The highest BCUT2D eigenvalue weighted by molar-refractivity contribution is 9.09. The summed E-state index contributed by atoms with van der Waals surface area (Å²) in [7, 11) is 0. The Hall–Kier alpha value is -0.360. The van der Waals surface area contributed by atoms with Crippen LogP contribution >= 0.6 is 31.9 Å². The van der Waals surface area contributed by atoms with E-state index in [9.17, 15) is 4.79 Å². The monoisotopic (exact) mass is 352 g/mol. The normalized spacial score (nSPS) is 11.5. The fourth-order valence-corrected chi connectivity index (χ4v) is 3.16. The van der Waals surface area contributed by atoms with Gasteiger partial charge >= 0.3 is 0 Å². The van der Waals surface area contributed by atoms with Crippen molar-refractivity contribution in [1.29, 1.82) is 0 Å². The zero-order valence-electron chi connectivity index (χ0n) is 9.22. The summed E-state index contributed by atoms with van der Waals surface area (Å²) in [6.07, 6.45) is 0.825. The minimum atomic E-state index is -0.288. The molecule has 6 heteroatoms. The molecule has 1 N–H and O–H groups in total. The first kappa shape index (κ1) is 13.7. The lowest BCUT2D eigenvalue weighted by atomic mass is 10.0. The van der Waals surface area contributed by atoms with Gasteiger partial charge in [-0.1, -0.05) is 43.9 Å². The van der Waals surface area contributed by atoms with E-state index in [0.717, 1.165) is 6.42 Å². The Morgan fingerprint density at radius 3 is 2.56 bits per heavy atom. The van der Waals surface area contributed by atoms with Crippen LogP contribution in [0.2, 0.25) is 0 Å². The molecule has 0 bridgehead atoms. The first-order chi connectivity index (χ1) is 7.56. The molecule has 0 aliphatic heterocycles. The summed E-state index contributed by atoms with van der Waals surface area (Å²) >= 11 is 6.82. The van der Waals surface area contributed by atoms with Crippen LogP contribution in [0.3, 0.4) is 0 Å². The van der Waals surface area contributed by atoms with Crippen LogP contribution in [-0.2, 0) is 0 Å². The van der Waals surface area contributed by atoms with Crippen molar-refractivity contribution in [1.82, 2.24) is 10.5 Å². The molecular formula is C10H14Br2N2O2. The van der Waals surface area contributed by atoms with Crippen LogP contribution < -0.4 is 5.32 Å². The van der Waals surface area contributed by atoms with Crippen LogP contribution in [0.15, 0.2) is 10.6 Å². The van der Waals surface area contributed by atoms with Crippen molar-refractivity contribution in [2.75, 3.05) is 10.7 Å². The second-order valence-electron chi connectivity index (χ2n) is 3.68. The Balaban J connectivity index is 2.76. The molecule has 1 aromatic rings. The minimum Gasteiger partial charge on any atom is -0.361 e. The van der Waals surface area contributed by atoms with Gasteiger partial charge in [0.25, 0.3) is 5.91 Å². The third-order valence-electron chi connectivity index (χ3n) is 2.43. The molecule has 4 nitrogen and oxygen atoms in total. The van der Waals surface area contributed by atoms with E-state index >= 15 is 0 Å².